The van der Waals surface area contributed by atoms with Gasteiger partial charge >= 0.3 is 0 Å². The van der Waals surface area contributed by atoms with Crippen LogP contribution in [-0.4, -0.2) is 28.3 Å². The molecule has 3 unspecified atom stereocenters. The van der Waals surface area contributed by atoms with E-state index < -0.39 is 0 Å². The Morgan fingerprint density at radius 2 is 2.41 bits per heavy atom. The maximum absolute atomic E-state index is 5.98. The molecule has 0 bridgehead atoms. The molecule has 0 amide bonds. The molecule has 0 aromatic carbocycles. The van der Waals surface area contributed by atoms with Crippen LogP contribution in [0.3, 0.4) is 0 Å². The van der Waals surface area contributed by atoms with Gasteiger partial charge in [0.25, 0.3) is 0 Å². The maximum atomic E-state index is 5.98. The largest absolute Gasteiger partial charge is 0.373 e. The van der Waals surface area contributed by atoms with Crippen LogP contribution in [0.2, 0.25) is 0 Å². The van der Waals surface area contributed by atoms with Crippen LogP contribution in [0.15, 0.2) is 12.4 Å². The third-order valence-electron chi connectivity index (χ3n) is 3.39. The lowest BCUT2D eigenvalue weighted by atomic mass is 10.1. The van der Waals surface area contributed by atoms with Crippen LogP contribution in [0.4, 0.5) is 0 Å². The average molecular weight is 237 g/mol. The Morgan fingerprint density at radius 1 is 1.59 bits per heavy atom. The van der Waals surface area contributed by atoms with E-state index in [-0.39, 0.29) is 12.1 Å². The third kappa shape index (κ3) is 2.87. The fourth-order valence-electron chi connectivity index (χ4n) is 2.44. The van der Waals surface area contributed by atoms with Crippen molar-refractivity contribution in [2.75, 3.05) is 6.54 Å². The van der Waals surface area contributed by atoms with Crippen LogP contribution in [0.5, 0.6) is 0 Å². The number of imidazole rings is 1. The second-order valence-electron chi connectivity index (χ2n) is 4.89. The minimum absolute atomic E-state index is 0.222. The Balaban J connectivity index is 2.10. The lowest BCUT2D eigenvalue weighted by molar-refractivity contribution is 0.0291. The first-order valence-corrected chi connectivity index (χ1v) is 6.58. The van der Waals surface area contributed by atoms with Crippen LogP contribution >= 0.6 is 0 Å². The topological polar surface area (TPSA) is 39.1 Å². The number of aromatic nitrogens is 2. The summed E-state index contributed by atoms with van der Waals surface area (Å²) < 4.78 is 8.07. The number of hydrogen-bond donors (Lipinski definition) is 1. The van der Waals surface area contributed by atoms with Crippen molar-refractivity contribution in [3.63, 3.8) is 0 Å². The minimum Gasteiger partial charge on any atom is -0.373 e. The number of aryl methyl sites for hydroxylation is 1. The van der Waals surface area contributed by atoms with E-state index in [4.69, 9.17) is 4.74 Å². The monoisotopic (exact) mass is 237 g/mol. The van der Waals surface area contributed by atoms with E-state index in [9.17, 15) is 0 Å². The van der Waals surface area contributed by atoms with Gasteiger partial charge in [-0.3, -0.25) is 0 Å². The molecule has 0 spiro atoms. The van der Waals surface area contributed by atoms with Gasteiger partial charge in [0.2, 0.25) is 0 Å². The van der Waals surface area contributed by atoms with Crippen molar-refractivity contribution in [2.45, 2.75) is 51.4 Å². The van der Waals surface area contributed by atoms with E-state index in [0.717, 1.165) is 31.6 Å². The van der Waals surface area contributed by atoms with Crippen molar-refractivity contribution < 1.29 is 4.74 Å². The van der Waals surface area contributed by atoms with Gasteiger partial charge in [0, 0.05) is 19.4 Å². The van der Waals surface area contributed by atoms with Gasteiger partial charge in [0.15, 0.2) is 0 Å². The van der Waals surface area contributed by atoms with Crippen LogP contribution in [-0.2, 0) is 11.8 Å². The summed E-state index contributed by atoms with van der Waals surface area (Å²) in [7, 11) is 2.04. The zero-order chi connectivity index (χ0) is 12.3. The fourth-order valence-corrected chi connectivity index (χ4v) is 2.44. The molecule has 3 atom stereocenters. The summed E-state index contributed by atoms with van der Waals surface area (Å²) in [6.45, 7) is 5.34. The van der Waals surface area contributed by atoms with Crippen LogP contribution in [0.25, 0.3) is 0 Å². The molecule has 1 aliphatic heterocycles. The van der Waals surface area contributed by atoms with Crippen LogP contribution < -0.4 is 5.32 Å². The zero-order valence-electron chi connectivity index (χ0n) is 11.0. The van der Waals surface area contributed by atoms with Gasteiger partial charge in [-0.2, -0.15) is 0 Å². The quantitative estimate of drug-likeness (QED) is 0.851. The highest BCUT2D eigenvalue weighted by Crippen LogP contribution is 2.29. The summed E-state index contributed by atoms with van der Waals surface area (Å²) in [5.74, 6) is 1.08. The molecular formula is C13H23N3O. The van der Waals surface area contributed by atoms with E-state index in [1.807, 2.05) is 19.4 Å². The number of nitrogens with zero attached hydrogens (tertiary/aromatic N) is 2. The highest BCUT2D eigenvalue weighted by atomic mass is 16.5. The molecule has 2 heterocycles. The first kappa shape index (κ1) is 12.6. The lowest BCUT2D eigenvalue weighted by Crippen LogP contribution is -2.34. The van der Waals surface area contributed by atoms with Gasteiger partial charge in [0.1, 0.15) is 5.82 Å². The summed E-state index contributed by atoms with van der Waals surface area (Å²) in [6.07, 6.45) is 7.89. The third-order valence-corrected chi connectivity index (χ3v) is 3.39. The Hall–Kier alpha value is -0.870. The molecular weight excluding hydrogens is 214 g/mol. The Bertz CT molecular complexity index is 350. The summed E-state index contributed by atoms with van der Waals surface area (Å²) >= 11 is 0. The average Bonchev–Trinajstić information content (AvgIpc) is 2.90. The van der Waals surface area contributed by atoms with Gasteiger partial charge in [-0.1, -0.05) is 6.92 Å². The number of nitrogens with one attached hydrogen (secondary N) is 1. The molecule has 4 heteroatoms. The van der Waals surface area contributed by atoms with Crippen molar-refractivity contribution in [1.29, 1.82) is 0 Å². The van der Waals surface area contributed by atoms with Gasteiger partial charge in [-0.05, 0) is 32.7 Å². The maximum Gasteiger partial charge on any atom is 0.128 e. The first-order valence-electron chi connectivity index (χ1n) is 6.58. The second-order valence-corrected chi connectivity index (χ2v) is 4.89. The number of hydrogen-bond acceptors (Lipinski definition) is 3. The highest BCUT2D eigenvalue weighted by Gasteiger charge is 2.32. The molecule has 96 valence electrons. The normalized spacial score (nSPS) is 26.3. The van der Waals surface area contributed by atoms with E-state index in [2.05, 4.69) is 28.7 Å². The highest BCUT2D eigenvalue weighted by molar-refractivity contribution is 5.03. The summed E-state index contributed by atoms with van der Waals surface area (Å²) in [6, 6.07) is 0.222. The molecule has 1 aliphatic rings. The van der Waals surface area contributed by atoms with Crippen molar-refractivity contribution in [2.24, 2.45) is 7.05 Å². The number of rotatable bonds is 5. The molecule has 0 saturated carbocycles. The molecule has 0 aliphatic carbocycles. The Labute approximate surface area is 103 Å². The van der Waals surface area contributed by atoms with Crippen molar-refractivity contribution in [3.05, 3.63) is 18.2 Å². The molecule has 1 N–H and O–H groups in total. The lowest BCUT2D eigenvalue weighted by Gasteiger charge is -2.24. The molecule has 2 rings (SSSR count). The van der Waals surface area contributed by atoms with Crippen LogP contribution in [0, 0.1) is 0 Å². The Morgan fingerprint density at radius 3 is 2.94 bits per heavy atom. The molecule has 1 aromatic rings. The molecule has 4 nitrogen and oxygen atoms in total. The van der Waals surface area contributed by atoms with Crippen molar-refractivity contribution in [3.8, 4) is 0 Å². The first-order chi connectivity index (χ1) is 8.22. The Kier molecular flexibility index (Phi) is 4.18. The zero-order valence-corrected chi connectivity index (χ0v) is 11.0. The molecule has 0 radical (unpaired) electrons. The second kappa shape index (κ2) is 5.65. The van der Waals surface area contributed by atoms with E-state index in [1.165, 1.54) is 0 Å². The fraction of sp³-hybridized carbons (Fsp3) is 0.769. The van der Waals surface area contributed by atoms with Crippen molar-refractivity contribution >= 4 is 0 Å². The van der Waals surface area contributed by atoms with Gasteiger partial charge in [0.05, 0.1) is 18.2 Å². The number of ether oxygens (including phenoxy) is 1. The van der Waals surface area contributed by atoms with Crippen molar-refractivity contribution in [1.82, 2.24) is 14.9 Å². The molecule has 1 saturated heterocycles. The van der Waals surface area contributed by atoms with Gasteiger partial charge in [-0.25, -0.2) is 4.98 Å². The summed E-state index contributed by atoms with van der Waals surface area (Å²) in [5.41, 5.74) is 0. The van der Waals surface area contributed by atoms with Gasteiger partial charge in [-0.15, -0.1) is 0 Å². The summed E-state index contributed by atoms with van der Waals surface area (Å²) in [4.78, 5) is 4.46. The molecule has 1 fully saturated rings. The SMILES string of the molecule is CCCNC(c1nccn1C)C1CCC(C)O1. The van der Waals surface area contributed by atoms with Crippen LogP contribution in [0.1, 0.15) is 45.0 Å². The standard InChI is InChI=1S/C13H23N3O/c1-4-7-14-12(11-6-5-10(2)17-11)13-15-8-9-16(13)3/h8-12,14H,4-7H2,1-3H3. The van der Waals surface area contributed by atoms with E-state index >= 15 is 0 Å². The van der Waals surface area contributed by atoms with E-state index in [0.29, 0.717) is 6.10 Å². The van der Waals surface area contributed by atoms with E-state index in [1.54, 1.807) is 0 Å². The summed E-state index contributed by atoms with van der Waals surface area (Å²) in [5, 5.41) is 3.57. The van der Waals surface area contributed by atoms with Gasteiger partial charge < -0.3 is 14.6 Å². The molecule has 17 heavy (non-hydrogen) atoms. The molecule has 1 aromatic heterocycles. The predicted molar refractivity (Wildman–Crippen MR) is 67.8 cm³/mol. The minimum atomic E-state index is 0.222. The smallest absolute Gasteiger partial charge is 0.128 e. The predicted octanol–water partition coefficient (Wildman–Crippen LogP) is 2.03.